The van der Waals surface area contributed by atoms with E-state index in [0.717, 1.165) is 25.7 Å². The molecule has 0 aromatic heterocycles. The first-order valence-electron chi connectivity index (χ1n) is 17.1. The van der Waals surface area contributed by atoms with E-state index in [2.05, 4.69) is 179 Å². The lowest BCUT2D eigenvalue weighted by atomic mass is 9.89. The summed E-state index contributed by atoms with van der Waals surface area (Å²) in [5.41, 5.74) is 15.8. The van der Waals surface area contributed by atoms with Gasteiger partial charge in [0.25, 0.3) is 0 Å². The van der Waals surface area contributed by atoms with E-state index in [1.165, 1.54) is 73.2 Å². The van der Waals surface area contributed by atoms with Gasteiger partial charge in [-0.3, -0.25) is 0 Å². The molecule has 234 valence electrons. The SMILES string of the molecule is Cc1ccc(/C=C(/Cc2ccc(C)cc2)c2ccc(/C=C/C3=CCC(c4ccc(CCCc5ccc(C)cc5)cc4)C=C3)cc2)cc1. The zero-order valence-electron chi connectivity index (χ0n) is 28.1. The van der Waals surface area contributed by atoms with Crippen molar-refractivity contribution in [2.45, 2.75) is 58.8 Å². The minimum absolute atomic E-state index is 0.445. The van der Waals surface area contributed by atoms with Crippen molar-refractivity contribution >= 4 is 17.7 Å². The standard InChI is InChI=1S/C47H46/c1-35-7-13-38(14-8-35)5-4-6-39-21-27-44(28-22-39)45-29-23-40(24-30-45)19-20-41-25-31-46(32-26-41)47(33-42-15-9-36(2)10-16-42)34-43-17-11-37(3)12-18-43/h7-29,31-33,45H,4-6,30,34H2,1-3H3/b20-19+,47-33-. The summed E-state index contributed by atoms with van der Waals surface area (Å²) >= 11 is 0. The molecule has 0 saturated heterocycles. The lowest BCUT2D eigenvalue weighted by Crippen LogP contribution is -1.99. The van der Waals surface area contributed by atoms with E-state index in [1.807, 2.05) is 0 Å². The Balaban J connectivity index is 1.05. The molecule has 0 heterocycles. The summed E-state index contributed by atoms with van der Waals surface area (Å²) in [4.78, 5) is 0. The molecule has 0 nitrogen and oxygen atoms in total. The second-order valence-electron chi connectivity index (χ2n) is 13.2. The van der Waals surface area contributed by atoms with Gasteiger partial charge in [0, 0.05) is 5.92 Å². The van der Waals surface area contributed by atoms with Gasteiger partial charge in [0.1, 0.15) is 0 Å². The molecule has 1 atom stereocenters. The van der Waals surface area contributed by atoms with Crippen LogP contribution in [0.2, 0.25) is 0 Å². The summed E-state index contributed by atoms with van der Waals surface area (Å²) in [5.74, 6) is 0.445. The van der Waals surface area contributed by atoms with Crippen LogP contribution in [0.3, 0.4) is 0 Å². The van der Waals surface area contributed by atoms with Gasteiger partial charge in [-0.1, -0.05) is 174 Å². The van der Waals surface area contributed by atoms with Gasteiger partial charge in [0.05, 0.1) is 0 Å². The first kappa shape index (κ1) is 32.0. The maximum Gasteiger partial charge on any atom is 0.00561 e. The third kappa shape index (κ3) is 9.30. The molecule has 6 rings (SSSR count). The minimum Gasteiger partial charge on any atom is -0.0764 e. The van der Waals surface area contributed by atoms with E-state index in [9.17, 15) is 0 Å². The van der Waals surface area contributed by atoms with E-state index >= 15 is 0 Å². The summed E-state index contributed by atoms with van der Waals surface area (Å²) in [7, 11) is 0. The molecule has 0 radical (unpaired) electrons. The topological polar surface area (TPSA) is 0 Å². The van der Waals surface area contributed by atoms with Gasteiger partial charge >= 0.3 is 0 Å². The molecule has 5 aromatic rings. The van der Waals surface area contributed by atoms with Crippen molar-refractivity contribution in [2.24, 2.45) is 0 Å². The van der Waals surface area contributed by atoms with Crippen LogP contribution >= 0.6 is 0 Å². The van der Waals surface area contributed by atoms with Crippen LogP contribution in [0, 0.1) is 20.8 Å². The average Bonchev–Trinajstić information content (AvgIpc) is 3.11. The average molecular weight is 611 g/mol. The van der Waals surface area contributed by atoms with Crippen LogP contribution in [0.1, 0.15) is 74.4 Å². The Morgan fingerprint density at radius 3 is 1.68 bits per heavy atom. The Kier molecular flexibility index (Phi) is 10.6. The highest BCUT2D eigenvalue weighted by molar-refractivity contribution is 5.83. The van der Waals surface area contributed by atoms with Crippen LogP contribution in [-0.2, 0) is 19.3 Å². The van der Waals surface area contributed by atoms with Crippen molar-refractivity contribution in [3.63, 3.8) is 0 Å². The van der Waals surface area contributed by atoms with Crippen molar-refractivity contribution in [2.75, 3.05) is 0 Å². The Bertz CT molecular complexity index is 1860. The van der Waals surface area contributed by atoms with E-state index in [0.29, 0.717) is 5.92 Å². The van der Waals surface area contributed by atoms with Crippen LogP contribution in [0.15, 0.2) is 151 Å². The van der Waals surface area contributed by atoms with Gasteiger partial charge in [0.15, 0.2) is 0 Å². The molecule has 5 aromatic carbocycles. The Morgan fingerprint density at radius 1 is 0.574 bits per heavy atom. The molecule has 1 aliphatic carbocycles. The number of aryl methyl sites for hydroxylation is 5. The van der Waals surface area contributed by atoms with Crippen molar-refractivity contribution in [1.82, 2.24) is 0 Å². The highest BCUT2D eigenvalue weighted by Gasteiger charge is 2.11. The Labute approximate surface area is 282 Å². The zero-order valence-corrected chi connectivity index (χ0v) is 28.1. The third-order valence-electron chi connectivity index (χ3n) is 9.27. The summed E-state index contributed by atoms with van der Waals surface area (Å²) in [6.45, 7) is 6.43. The number of benzene rings is 5. The first-order chi connectivity index (χ1) is 23.0. The molecule has 0 saturated carbocycles. The number of hydrogen-bond donors (Lipinski definition) is 0. The van der Waals surface area contributed by atoms with Gasteiger partial charge in [-0.2, -0.15) is 0 Å². The lowest BCUT2D eigenvalue weighted by Gasteiger charge is -2.16. The van der Waals surface area contributed by atoms with E-state index < -0.39 is 0 Å². The van der Waals surface area contributed by atoms with Crippen LogP contribution in [0.25, 0.3) is 17.7 Å². The van der Waals surface area contributed by atoms with Crippen molar-refractivity contribution in [1.29, 1.82) is 0 Å². The van der Waals surface area contributed by atoms with E-state index in [-0.39, 0.29) is 0 Å². The summed E-state index contributed by atoms with van der Waals surface area (Å²) in [6, 6.07) is 44.9. The van der Waals surface area contributed by atoms with Crippen LogP contribution < -0.4 is 0 Å². The first-order valence-corrected chi connectivity index (χ1v) is 17.1. The molecule has 0 fully saturated rings. The summed E-state index contributed by atoms with van der Waals surface area (Å²) in [5, 5.41) is 0. The van der Waals surface area contributed by atoms with E-state index in [1.54, 1.807) is 0 Å². The smallest absolute Gasteiger partial charge is 0.00561 e. The van der Waals surface area contributed by atoms with Gasteiger partial charge in [-0.15, -0.1) is 0 Å². The molecule has 0 aliphatic heterocycles. The predicted octanol–water partition coefficient (Wildman–Crippen LogP) is 12.3. The van der Waals surface area contributed by atoms with Gasteiger partial charge in [0.2, 0.25) is 0 Å². The maximum atomic E-state index is 2.37. The second-order valence-corrected chi connectivity index (χ2v) is 13.2. The van der Waals surface area contributed by atoms with Crippen molar-refractivity contribution < 1.29 is 0 Å². The molecular weight excluding hydrogens is 565 g/mol. The van der Waals surface area contributed by atoms with Crippen LogP contribution in [0.4, 0.5) is 0 Å². The van der Waals surface area contributed by atoms with Gasteiger partial charge in [-0.05, 0) is 103 Å². The second kappa shape index (κ2) is 15.6. The zero-order chi connectivity index (χ0) is 32.4. The quantitative estimate of drug-likeness (QED) is 0.131. The van der Waals surface area contributed by atoms with Crippen LogP contribution in [0.5, 0.6) is 0 Å². The summed E-state index contributed by atoms with van der Waals surface area (Å²) < 4.78 is 0. The molecule has 1 aliphatic rings. The maximum absolute atomic E-state index is 2.37. The molecule has 0 N–H and O–H groups in total. The van der Waals surface area contributed by atoms with E-state index in [4.69, 9.17) is 0 Å². The predicted molar refractivity (Wildman–Crippen MR) is 204 cm³/mol. The minimum atomic E-state index is 0.445. The van der Waals surface area contributed by atoms with Gasteiger partial charge < -0.3 is 0 Å². The molecule has 0 spiro atoms. The normalized spacial score (nSPS) is 14.8. The lowest BCUT2D eigenvalue weighted by molar-refractivity contribution is 0.815. The molecular formula is C47H46. The molecule has 47 heavy (non-hydrogen) atoms. The summed E-state index contributed by atoms with van der Waals surface area (Å²) in [6.07, 6.45) is 19.2. The monoisotopic (exact) mass is 610 g/mol. The number of rotatable bonds is 11. The highest BCUT2D eigenvalue weighted by atomic mass is 14.2. The Hall–Kier alpha value is -4.94. The van der Waals surface area contributed by atoms with Crippen molar-refractivity contribution in [3.05, 3.63) is 207 Å². The number of allylic oxidation sites excluding steroid dienone is 6. The van der Waals surface area contributed by atoms with Crippen molar-refractivity contribution in [3.8, 4) is 0 Å². The fourth-order valence-electron chi connectivity index (χ4n) is 6.22. The third-order valence-corrected chi connectivity index (χ3v) is 9.27. The largest absolute Gasteiger partial charge is 0.0764 e. The molecule has 0 heteroatoms. The fraction of sp³-hybridized carbons (Fsp3) is 0.191. The number of hydrogen-bond acceptors (Lipinski definition) is 0. The highest BCUT2D eigenvalue weighted by Crippen LogP contribution is 2.29. The van der Waals surface area contributed by atoms with Gasteiger partial charge in [-0.25, -0.2) is 0 Å². The molecule has 0 bridgehead atoms. The Morgan fingerprint density at radius 2 is 1.11 bits per heavy atom. The fourth-order valence-corrected chi connectivity index (χ4v) is 6.22. The van der Waals surface area contributed by atoms with Crippen LogP contribution in [-0.4, -0.2) is 0 Å². The molecule has 1 unspecified atom stereocenters. The molecule has 0 amide bonds.